The number of carbonyl (C=O) groups excluding carboxylic acids is 1. The van der Waals surface area contributed by atoms with Crippen LogP contribution in [-0.4, -0.2) is 42.4 Å². The quantitative estimate of drug-likeness (QED) is 0.677. The van der Waals surface area contributed by atoms with Crippen LogP contribution in [0.25, 0.3) is 0 Å². The van der Waals surface area contributed by atoms with Gasteiger partial charge in [0.25, 0.3) is 0 Å². The second kappa shape index (κ2) is 7.64. The van der Waals surface area contributed by atoms with Crippen LogP contribution in [0.3, 0.4) is 0 Å². The van der Waals surface area contributed by atoms with Crippen LogP contribution in [0, 0.1) is 5.41 Å². The maximum Gasteiger partial charge on any atom is 0.240 e. The molecule has 0 spiro atoms. The highest BCUT2D eigenvalue weighted by atomic mass is 16.5. The second-order valence-corrected chi connectivity index (χ2v) is 7.17. The highest BCUT2D eigenvalue weighted by Crippen LogP contribution is 2.49. The number of aliphatic hydroxyl groups is 1. The predicted molar refractivity (Wildman–Crippen MR) is 94.6 cm³/mol. The molecule has 0 heterocycles. The Morgan fingerprint density at radius 3 is 2.62 bits per heavy atom. The molecule has 1 aromatic rings. The number of rotatable bonds is 8. The second-order valence-electron chi connectivity index (χ2n) is 7.17. The number of amides is 1. The zero-order valence-electron chi connectivity index (χ0n) is 14.9. The van der Waals surface area contributed by atoms with Gasteiger partial charge >= 0.3 is 0 Å². The average molecular weight is 334 g/mol. The third kappa shape index (κ3) is 3.48. The maximum absolute atomic E-state index is 12.7. The normalized spacial score (nSPS) is 26.5. The zero-order valence-corrected chi connectivity index (χ0v) is 14.9. The maximum atomic E-state index is 12.7. The number of ether oxygens (including phenoxy) is 1. The van der Waals surface area contributed by atoms with E-state index in [1.807, 2.05) is 51.1 Å². The Labute approximate surface area is 144 Å². The van der Waals surface area contributed by atoms with E-state index in [-0.39, 0.29) is 24.5 Å². The molecule has 1 fully saturated rings. The largest absolute Gasteiger partial charge is 0.396 e. The summed E-state index contributed by atoms with van der Waals surface area (Å²) in [6, 6.07) is 9.92. The fourth-order valence-corrected chi connectivity index (χ4v) is 3.46. The minimum absolute atomic E-state index is 0.0145. The molecule has 5 heteroatoms. The lowest BCUT2D eigenvalue weighted by Gasteiger charge is -2.57. The number of carbonyl (C=O) groups is 1. The van der Waals surface area contributed by atoms with E-state index >= 15 is 0 Å². The van der Waals surface area contributed by atoms with Gasteiger partial charge in [-0.2, -0.15) is 0 Å². The molecule has 0 saturated heterocycles. The van der Waals surface area contributed by atoms with Gasteiger partial charge in [-0.15, -0.1) is 0 Å². The Balaban J connectivity index is 1.99. The van der Waals surface area contributed by atoms with E-state index in [4.69, 9.17) is 10.5 Å². The lowest BCUT2D eigenvalue weighted by Crippen LogP contribution is -2.75. The van der Waals surface area contributed by atoms with Crippen molar-refractivity contribution in [1.82, 2.24) is 5.32 Å². The molecule has 1 amide bonds. The van der Waals surface area contributed by atoms with Crippen molar-refractivity contribution in [3.05, 3.63) is 35.9 Å². The van der Waals surface area contributed by atoms with Gasteiger partial charge in [-0.25, -0.2) is 0 Å². The summed E-state index contributed by atoms with van der Waals surface area (Å²) in [5.41, 5.74) is 6.21. The Morgan fingerprint density at radius 1 is 1.42 bits per heavy atom. The third-order valence-corrected chi connectivity index (χ3v) is 5.49. The first-order chi connectivity index (χ1) is 11.4. The molecule has 2 rings (SSSR count). The summed E-state index contributed by atoms with van der Waals surface area (Å²) in [7, 11) is 0. The van der Waals surface area contributed by atoms with Gasteiger partial charge < -0.3 is 20.9 Å². The van der Waals surface area contributed by atoms with Gasteiger partial charge in [0, 0.05) is 37.5 Å². The van der Waals surface area contributed by atoms with Crippen molar-refractivity contribution in [2.24, 2.45) is 11.1 Å². The molecule has 0 aromatic heterocycles. The van der Waals surface area contributed by atoms with Gasteiger partial charge in [0.05, 0.1) is 6.10 Å². The van der Waals surface area contributed by atoms with Crippen LogP contribution in [0.4, 0.5) is 0 Å². The topological polar surface area (TPSA) is 84.6 Å². The molecule has 134 valence electrons. The molecule has 5 nitrogen and oxygen atoms in total. The Morgan fingerprint density at radius 2 is 2.08 bits per heavy atom. The van der Waals surface area contributed by atoms with E-state index in [1.165, 1.54) is 0 Å². The van der Waals surface area contributed by atoms with Gasteiger partial charge in [-0.05, 0) is 18.9 Å². The number of aliphatic hydroxyl groups excluding tert-OH is 1. The van der Waals surface area contributed by atoms with Crippen LogP contribution in [0.2, 0.25) is 0 Å². The van der Waals surface area contributed by atoms with Crippen molar-refractivity contribution < 1.29 is 14.6 Å². The summed E-state index contributed by atoms with van der Waals surface area (Å²) in [6.45, 7) is 7.10. The van der Waals surface area contributed by atoms with Crippen molar-refractivity contribution in [3.8, 4) is 0 Å². The van der Waals surface area contributed by atoms with Crippen LogP contribution in [-0.2, 0) is 9.53 Å². The van der Waals surface area contributed by atoms with E-state index in [9.17, 15) is 9.90 Å². The summed E-state index contributed by atoms with van der Waals surface area (Å²) in [4.78, 5) is 12.7. The number of hydrogen-bond acceptors (Lipinski definition) is 4. The first kappa shape index (κ1) is 18.9. The van der Waals surface area contributed by atoms with Crippen LogP contribution >= 0.6 is 0 Å². The Kier molecular flexibility index (Phi) is 6.01. The molecule has 1 aliphatic rings. The molecule has 24 heavy (non-hydrogen) atoms. The van der Waals surface area contributed by atoms with Gasteiger partial charge in [0.2, 0.25) is 5.91 Å². The molecule has 0 bridgehead atoms. The van der Waals surface area contributed by atoms with Crippen LogP contribution in [0.5, 0.6) is 0 Å². The molecular formula is C19H30N2O3. The first-order valence-corrected chi connectivity index (χ1v) is 8.71. The van der Waals surface area contributed by atoms with Crippen LogP contribution in [0.15, 0.2) is 30.3 Å². The molecular weight excluding hydrogens is 304 g/mol. The minimum atomic E-state index is -0.909. The fraction of sp³-hybridized carbons (Fsp3) is 0.632. The molecule has 4 N–H and O–H groups in total. The number of nitrogens with two attached hydrogens (primary N) is 1. The molecule has 3 atom stereocenters. The van der Waals surface area contributed by atoms with Crippen LogP contribution < -0.4 is 11.1 Å². The van der Waals surface area contributed by atoms with Crippen molar-refractivity contribution in [3.63, 3.8) is 0 Å². The van der Waals surface area contributed by atoms with Crippen molar-refractivity contribution >= 4 is 5.91 Å². The van der Waals surface area contributed by atoms with Gasteiger partial charge in [-0.1, -0.05) is 44.2 Å². The third-order valence-electron chi connectivity index (χ3n) is 5.49. The molecule has 1 saturated carbocycles. The lowest BCUT2D eigenvalue weighted by atomic mass is 9.54. The van der Waals surface area contributed by atoms with Gasteiger partial charge in [0.15, 0.2) is 0 Å². The molecule has 1 aromatic carbocycles. The standard InChI is InChI=1S/C19H30N2O3/c1-4-24-16-12-19(20,18(16,2)3)17(23)21-13-15(10-11-22)14-8-6-5-7-9-14/h5-9,15-16,22H,4,10-13,20H2,1-3H3,(H,21,23). The molecule has 1 aliphatic carbocycles. The van der Waals surface area contributed by atoms with E-state index in [0.29, 0.717) is 26.0 Å². The van der Waals surface area contributed by atoms with E-state index in [2.05, 4.69) is 5.32 Å². The summed E-state index contributed by atoms with van der Waals surface area (Å²) < 4.78 is 5.68. The molecule has 0 radical (unpaired) electrons. The predicted octanol–water partition coefficient (Wildman–Crippen LogP) is 1.80. The van der Waals surface area contributed by atoms with Crippen molar-refractivity contribution in [2.45, 2.75) is 51.2 Å². The van der Waals surface area contributed by atoms with E-state index < -0.39 is 11.0 Å². The lowest BCUT2D eigenvalue weighted by molar-refractivity contribution is -0.170. The highest BCUT2D eigenvalue weighted by molar-refractivity contribution is 5.88. The highest BCUT2D eigenvalue weighted by Gasteiger charge is 2.62. The number of hydrogen-bond donors (Lipinski definition) is 3. The number of nitrogens with one attached hydrogen (secondary N) is 1. The minimum Gasteiger partial charge on any atom is -0.396 e. The molecule has 3 unspecified atom stereocenters. The summed E-state index contributed by atoms with van der Waals surface area (Å²) >= 11 is 0. The van der Waals surface area contributed by atoms with Crippen molar-refractivity contribution in [1.29, 1.82) is 0 Å². The van der Waals surface area contributed by atoms with E-state index in [1.54, 1.807) is 0 Å². The summed E-state index contributed by atoms with van der Waals surface area (Å²) in [5.74, 6) is -0.0584. The van der Waals surface area contributed by atoms with E-state index in [0.717, 1.165) is 5.56 Å². The smallest absolute Gasteiger partial charge is 0.240 e. The van der Waals surface area contributed by atoms with Gasteiger partial charge in [-0.3, -0.25) is 4.79 Å². The zero-order chi connectivity index (χ0) is 17.8. The first-order valence-electron chi connectivity index (χ1n) is 8.71. The average Bonchev–Trinajstić information content (AvgIpc) is 2.58. The molecule has 0 aliphatic heterocycles. The Bertz CT molecular complexity index is 547. The summed E-state index contributed by atoms with van der Waals surface area (Å²) in [6.07, 6.45) is 1.16. The summed E-state index contributed by atoms with van der Waals surface area (Å²) in [5, 5.41) is 12.3. The Hall–Kier alpha value is -1.43. The monoisotopic (exact) mass is 334 g/mol. The van der Waals surface area contributed by atoms with Gasteiger partial charge in [0.1, 0.15) is 5.54 Å². The fourth-order valence-electron chi connectivity index (χ4n) is 3.46. The van der Waals surface area contributed by atoms with Crippen LogP contribution in [0.1, 0.15) is 45.1 Å². The van der Waals surface area contributed by atoms with Crippen molar-refractivity contribution in [2.75, 3.05) is 19.8 Å². The number of benzene rings is 1. The SMILES string of the molecule is CCOC1CC(N)(C(=O)NCC(CCO)c2ccccc2)C1(C)C.